The van der Waals surface area contributed by atoms with E-state index in [0.29, 0.717) is 47.7 Å². The highest BCUT2D eigenvalue weighted by molar-refractivity contribution is 5.98. The normalized spacial score (nSPS) is 17.1. The molecule has 0 radical (unpaired) electrons. The average Bonchev–Trinajstić information content (AvgIpc) is 3.50. The predicted molar refractivity (Wildman–Crippen MR) is 168 cm³/mol. The number of H-pyrrole nitrogens is 1. The van der Waals surface area contributed by atoms with Crippen molar-refractivity contribution in [2.24, 2.45) is 0 Å². The Bertz CT molecular complexity index is 1780. The third-order valence-corrected chi connectivity index (χ3v) is 8.69. The number of hydrogen-bond acceptors (Lipinski definition) is 8. The SMILES string of the molecule is CC[C@H]1CN(C(=O)Cc2ccc(CN3CCNCC3)c(C(F)(F)F)c2)Cc2cc(Oc3ncnc4[nH]c(C(=O)N(C)C)cc34)cnc21. The summed E-state index contributed by atoms with van der Waals surface area (Å²) in [6.45, 7) is 5.73. The average molecular weight is 651 g/mol. The lowest BCUT2D eigenvalue weighted by Gasteiger charge is -2.34. The van der Waals surface area contributed by atoms with Gasteiger partial charge in [-0.05, 0) is 41.3 Å². The predicted octanol–water partition coefficient (Wildman–Crippen LogP) is 4.35. The van der Waals surface area contributed by atoms with Crippen LogP contribution in [0.1, 0.15) is 57.7 Å². The zero-order chi connectivity index (χ0) is 33.3. The second kappa shape index (κ2) is 13.3. The molecule has 5 heterocycles. The molecule has 0 aliphatic carbocycles. The van der Waals surface area contributed by atoms with Crippen LogP contribution in [-0.2, 0) is 30.5 Å². The summed E-state index contributed by atoms with van der Waals surface area (Å²) < 4.78 is 48.4. The second-order valence-corrected chi connectivity index (χ2v) is 12.2. The van der Waals surface area contributed by atoms with E-state index in [4.69, 9.17) is 4.74 Å². The molecule has 14 heteroatoms. The molecule has 2 aliphatic rings. The number of carbonyl (C=O) groups excluding carboxylic acids is 2. The van der Waals surface area contributed by atoms with Gasteiger partial charge in [-0.15, -0.1) is 0 Å². The maximum atomic E-state index is 14.1. The molecule has 2 N–H and O–H groups in total. The van der Waals surface area contributed by atoms with E-state index in [1.54, 1.807) is 37.3 Å². The van der Waals surface area contributed by atoms with Crippen LogP contribution in [0.3, 0.4) is 0 Å². The second-order valence-electron chi connectivity index (χ2n) is 12.2. The number of carbonyl (C=O) groups is 2. The van der Waals surface area contributed by atoms with Crippen molar-refractivity contribution >= 4 is 22.8 Å². The summed E-state index contributed by atoms with van der Waals surface area (Å²) in [5.74, 6) is 0.109. The molecule has 0 spiro atoms. The third-order valence-electron chi connectivity index (χ3n) is 8.69. The number of amides is 2. The summed E-state index contributed by atoms with van der Waals surface area (Å²) in [6.07, 6.45) is -1.01. The van der Waals surface area contributed by atoms with E-state index in [-0.39, 0.29) is 48.7 Å². The van der Waals surface area contributed by atoms with Gasteiger partial charge in [0.25, 0.3) is 5.91 Å². The Kier molecular flexibility index (Phi) is 9.15. The summed E-state index contributed by atoms with van der Waals surface area (Å²) in [5.41, 5.74) is 2.28. The Balaban J connectivity index is 1.20. The van der Waals surface area contributed by atoms with Crippen molar-refractivity contribution in [3.05, 3.63) is 76.5 Å². The number of benzene rings is 1. The van der Waals surface area contributed by atoms with Gasteiger partial charge in [0.2, 0.25) is 11.8 Å². The molecular weight excluding hydrogens is 613 g/mol. The summed E-state index contributed by atoms with van der Waals surface area (Å²) >= 11 is 0. The van der Waals surface area contributed by atoms with Crippen molar-refractivity contribution in [3.63, 3.8) is 0 Å². The van der Waals surface area contributed by atoms with Gasteiger partial charge >= 0.3 is 6.18 Å². The number of fused-ring (bicyclic) bond motifs is 2. The summed E-state index contributed by atoms with van der Waals surface area (Å²) in [4.78, 5) is 47.3. The summed E-state index contributed by atoms with van der Waals surface area (Å²) in [7, 11) is 3.30. The molecule has 1 aromatic carbocycles. The van der Waals surface area contributed by atoms with Crippen molar-refractivity contribution in [2.45, 2.75) is 44.9 Å². The van der Waals surface area contributed by atoms with E-state index in [1.165, 1.54) is 17.3 Å². The van der Waals surface area contributed by atoms with Gasteiger partial charge < -0.3 is 24.8 Å². The van der Waals surface area contributed by atoms with Crippen LogP contribution in [0.2, 0.25) is 0 Å². The van der Waals surface area contributed by atoms with Crippen molar-refractivity contribution in [2.75, 3.05) is 46.8 Å². The minimum atomic E-state index is -4.53. The maximum Gasteiger partial charge on any atom is 0.416 e. The number of rotatable bonds is 8. The molecule has 0 saturated carbocycles. The highest BCUT2D eigenvalue weighted by atomic mass is 19.4. The van der Waals surface area contributed by atoms with Crippen LogP contribution >= 0.6 is 0 Å². The van der Waals surface area contributed by atoms with Gasteiger partial charge in [0.15, 0.2) is 0 Å². The molecule has 6 rings (SSSR count). The fourth-order valence-electron chi connectivity index (χ4n) is 6.18. The van der Waals surface area contributed by atoms with Crippen molar-refractivity contribution in [3.8, 4) is 11.6 Å². The minimum absolute atomic E-state index is 0.0427. The van der Waals surface area contributed by atoms with Crippen LogP contribution in [0.5, 0.6) is 11.6 Å². The monoisotopic (exact) mass is 650 g/mol. The van der Waals surface area contributed by atoms with Crippen LogP contribution < -0.4 is 10.1 Å². The molecule has 47 heavy (non-hydrogen) atoms. The van der Waals surface area contributed by atoms with Crippen LogP contribution in [0, 0.1) is 0 Å². The Labute approximate surface area is 270 Å². The van der Waals surface area contributed by atoms with Gasteiger partial charge in [-0.3, -0.25) is 19.5 Å². The highest BCUT2D eigenvalue weighted by Gasteiger charge is 2.35. The topological polar surface area (TPSA) is 120 Å². The van der Waals surface area contributed by atoms with E-state index in [2.05, 4.69) is 25.3 Å². The van der Waals surface area contributed by atoms with Gasteiger partial charge in [-0.2, -0.15) is 13.2 Å². The quantitative estimate of drug-likeness (QED) is 0.289. The molecule has 11 nitrogen and oxygen atoms in total. The summed E-state index contributed by atoms with van der Waals surface area (Å²) in [6, 6.07) is 7.71. The first-order valence-corrected chi connectivity index (χ1v) is 15.6. The molecule has 3 aromatic heterocycles. The van der Waals surface area contributed by atoms with Crippen molar-refractivity contribution in [1.82, 2.24) is 40.0 Å². The van der Waals surface area contributed by atoms with Gasteiger partial charge in [0, 0.05) is 65.8 Å². The molecule has 4 aromatic rings. The van der Waals surface area contributed by atoms with E-state index in [1.807, 2.05) is 17.9 Å². The largest absolute Gasteiger partial charge is 0.437 e. The van der Waals surface area contributed by atoms with Crippen LogP contribution in [0.15, 0.2) is 42.9 Å². The fourth-order valence-corrected chi connectivity index (χ4v) is 6.18. The lowest BCUT2D eigenvalue weighted by molar-refractivity contribution is -0.138. The molecule has 1 atom stereocenters. The van der Waals surface area contributed by atoms with Gasteiger partial charge in [-0.25, -0.2) is 9.97 Å². The van der Waals surface area contributed by atoms with Crippen molar-refractivity contribution in [1.29, 1.82) is 0 Å². The van der Waals surface area contributed by atoms with Gasteiger partial charge in [0.05, 0.1) is 29.3 Å². The van der Waals surface area contributed by atoms with Crippen LogP contribution in [0.4, 0.5) is 13.2 Å². The Hall–Kier alpha value is -4.56. The number of halogens is 3. The number of nitrogens with one attached hydrogen (secondary N) is 2. The minimum Gasteiger partial charge on any atom is -0.437 e. The van der Waals surface area contributed by atoms with Gasteiger partial charge in [-0.1, -0.05) is 19.1 Å². The van der Waals surface area contributed by atoms with Gasteiger partial charge in [0.1, 0.15) is 23.4 Å². The van der Waals surface area contributed by atoms with Crippen molar-refractivity contribution < 1.29 is 27.5 Å². The van der Waals surface area contributed by atoms with Crippen LogP contribution in [-0.4, -0.2) is 93.3 Å². The number of nitrogens with zero attached hydrogens (tertiary/aromatic N) is 6. The van der Waals surface area contributed by atoms with E-state index >= 15 is 0 Å². The summed E-state index contributed by atoms with van der Waals surface area (Å²) in [5, 5.41) is 3.74. The van der Waals surface area contributed by atoms with E-state index < -0.39 is 11.7 Å². The lowest BCUT2D eigenvalue weighted by Crippen LogP contribution is -2.43. The number of alkyl halides is 3. The number of pyridine rings is 1. The first kappa shape index (κ1) is 32.4. The number of hydrogen-bond donors (Lipinski definition) is 2. The zero-order valence-electron chi connectivity index (χ0n) is 26.5. The van der Waals surface area contributed by atoms with E-state index in [9.17, 15) is 22.8 Å². The molecular formula is C33H37F3N8O3. The zero-order valence-corrected chi connectivity index (χ0v) is 26.5. The number of aromatic amines is 1. The third kappa shape index (κ3) is 7.08. The number of ether oxygens (including phenoxy) is 1. The smallest absolute Gasteiger partial charge is 0.416 e. The first-order valence-electron chi connectivity index (χ1n) is 15.6. The molecule has 2 amide bonds. The molecule has 2 aliphatic heterocycles. The number of piperazine rings is 1. The highest BCUT2D eigenvalue weighted by Crippen LogP contribution is 2.36. The first-order chi connectivity index (χ1) is 22.5. The Morgan fingerprint density at radius 3 is 2.60 bits per heavy atom. The standard InChI is InChI=1S/C33H37F3N8O3/c1-4-21-17-44(28(45)12-20-5-6-22(26(11-20)33(34,35)36)16-43-9-7-37-8-10-43)18-23-13-24(15-38-29(21)23)47-31-25-14-27(32(46)42(2)3)41-30(25)39-19-40-31/h5-6,11,13-15,19,21,37H,4,7-10,12,16-18H2,1-3H3,(H,39,40,41)/t21-/m0/s1. The molecule has 1 fully saturated rings. The molecule has 1 saturated heterocycles. The van der Waals surface area contributed by atoms with E-state index in [0.717, 1.165) is 36.8 Å². The Morgan fingerprint density at radius 1 is 1.09 bits per heavy atom. The molecule has 0 unspecified atom stereocenters. The Morgan fingerprint density at radius 2 is 1.87 bits per heavy atom. The van der Waals surface area contributed by atoms with Crippen LogP contribution in [0.25, 0.3) is 11.0 Å². The fraction of sp³-hybridized carbons (Fsp3) is 0.424. The lowest BCUT2D eigenvalue weighted by atomic mass is 9.92. The molecule has 0 bridgehead atoms. The maximum absolute atomic E-state index is 14.1. The molecule has 248 valence electrons. The number of aromatic nitrogens is 4.